The van der Waals surface area contributed by atoms with E-state index in [1.54, 1.807) is 12.1 Å². The highest BCUT2D eigenvalue weighted by atomic mass is 79.9. The number of furan rings is 1. The molecule has 0 unspecified atom stereocenters. The molecule has 2 aromatic heterocycles. The lowest BCUT2D eigenvalue weighted by Gasteiger charge is -1.93. The largest absolute Gasteiger partial charge is 0.453 e. The van der Waals surface area contributed by atoms with Crippen LogP contribution in [0.3, 0.4) is 0 Å². The van der Waals surface area contributed by atoms with Crippen LogP contribution in [0.5, 0.6) is 0 Å². The molecule has 1 aromatic carbocycles. The van der Waals surface area contributed by atoms with Crippen LogP contribution < -0.4 is 0 Å². The Morgan fingerprint density at radius 2 is 2.11 bits per heavy atom. The summed E-state index contributed by atoms with van der Waals surface area (Å²) < 4.78 is 19.2. The van der Waals surface area contributed by atoms with Crippen LogP contribution in [0.1, 0.15) is 15.4 Å². The SMILES string of the molecule is O=C(c1cc2cc(F)ccc2o1)c1sccc1Br. The molecule has 2 heterocycles. The third-order valence-electron chi connectivity index (χ3n) is 2.53. The number of carbonyl (C=O) groups excluding carboxylic acids is 1. The Hall–Kier alpha value is -1.46. The summed E-state index contributed by atoms with van der Waals surface area (Å²) in [5, 5.41) is 2.41. The fourth-order valence-electron chi connectivity index (χ4n) is 1.69. The van der Waals surface area contributed by atoms with Crippen LogP contribution in [0.15, 0.2) is 44.6 Å². The van der Waals surface area contributed by atoms with E-state index in [1.165, 1.54) is 29.5 Å². The van der Waals surface area contributed by atoms with E-state index >= 15 is 0 Å². The van der Waals surface area contributed by atoms with Gasteiger partial charge in [-0.3, -0.25) is 4.79 Å². The monoisotopic (exact) mass is 324 g/mol. The second-order valence-corrected chi connectivity index (χ2v) is 5.49. The van der Waals surface area contributed by atoms with Gasteiger partial charge in [0.25, 0.3) is 0 Å². The maximum absolute atomic E-state index is 13.1. The first-order valence-electron chi connectivity index (χ1n) is 5.12. The van der Waals surface area contributed by atoms with Gasteiger partial charge in [-0.05, 0) is 51.6 Å². The van der Waals surface area contributed by atoms with Crippen molar-refractivity contribution in [3.8, 4) is 0 Å². The van der Waals surface area contributed by atoms with Crippen molar-refractivity contribution in [3.63, 3.8) is 0 Å². The number of benzene rings is 1. The smallest absolute Gasteiger partial charge is 0.239 e. The number of hydrogen-bond donors (Lipinski definition) is 0. The second-order valence-electron chi connectivity index (χ2n) is 3.72. The first kappa shape index (κ1) is 11.6. The fourth-order valence-corrected chi connectivity index (χ4v) is 3.19. The Balaban J connectivity index is 2.10. The Labute approximate surface area is 114 Å². The van der Waals surface area contributed by atoms with Gasteiger partial charge in [-0.2, -0.15) is 0 Å². The number of carbonyl (C=O) groups is 1. The van der Waals surface area contributed by atoms with Gasteiger partial charge < -0.3 is 4.42 Å². The molecular formula is C13H6BrFO2S. The first-order valence-corrected chi connectivity index (χ1v) is 6.79. The summed E-state index contributed by atoms with van der Waals surface area (Å²) in [6, 6.07) is 7.54. The van der Waals surface area contributed by atoms with Crippen LogP contribution in [0.25, 0.3) is 11.0 Å². The first-order chi connectivity index (χ1) is 8.65. The van der Waals surface area contributed by atoms with Crippen molar-refractivity contribution in [2.24, 2.45) is 0 Å². The summed E-state index contributed by atoms with van der Waals surface area (Å²) in [6.07, 6.45) is 0. The molecule has 0 saturated carbocycles. The fraction of sp³-hybridized carbons (Fsp3) is 0. The minimum absolute atomic E-state index is 0.200. The van der Waals surface area contributed by atoms with Crippen LogP contribution in [0.4, 0.5) is 4.39 Å². The highest BCUT2D eigenvalue weighted by Gasteiger charge is 2.18. The van der Waals surface area contributed by atoms with Gasteiger partial charge in [-0.15, -0.1) is 11.3 Å². The Bertz CT molecular complexity index is 744. The minimum Gasteiger partial charge on any atom is -0.453 e. The van der Waals surface area contributed by atoms with Gasteiger partial charge >= 0.3 is 0 Å². The van der Waals surface area contributed by atoms with E-state index in [-0.39, 0.29) is 17.4 Å². The van der Waals surface area contributed by atoms with Crippen molar-refractivity contribution in [1.29, 1.82) is 0 Å². The van der Waals surface area contributed by atoms with Crippen molar-refractivity contribution in [3.05, 3.63) is 56.6 Å². The number of thiophene rings is 1. The zero-order chi connectivity index (χ0) is 12.7. The third-order valence-corrected chi connectivity index (χ3v) is 4.36. The summed E-state index contributed by atoms with van der Waals surface area (Å²) >= 11 is 4.64. The highest BCUT2D eigenvalue weighted by molar-refractivity contribution is 9.10. The lowest BCUT2D eigenvalue weighted by atomic mass is 10.2. The molecule has 0 aliphatic carbocycles. The number of halogens is 2. The van der Waals surface area contributed by atoms with Crippen molar-refractivity contribution >= 4 is 44.0 Å². The average Bonchev–Trinajstić information content (AvgIpc) is 2.93. The van der Waals surface area contributed by atoms with Crippen molar-refractivity contribution in [2.45, 2.75) is 0 Å². The molecule has 2 nitrogen and oxygen atoms in total. The van der Waals surface area contributed by atoms with E-state index in [9.17, 15) is 9.18 Å². The summed E-state index contributed by atoms with van der Waals surface area (Å²) in [5.41, 5.74) is 0.507. The van der Waals surface area contributed by atoms with Gasteiger partial charge in [0.05, 0.1) is 4.88 Å². The summed E-state index contributed by atoms with van der Waals surface area (Å²) in [6.45, 7) is 0. The molecule has 0 spiro atoms. The molecule has 90 valence electrons. The molecule has 18 heavy (non-hydrogen) atoms. The van der Waals surface area contributed by atoms with Gasteiger partial charge in [0, 0.05) is 9.86 Å². The minimum atomic E-state index is -0.348. The van der Waals surface area contributed by atoms with Crippen molar-refractivity contribution < 1.29 is 13.6 Å². The zero-order valence-electron chi connectivity index (χ0n) is 8.94. The maximum Gasteiger partial charge on any atom is 0.239 e. The topological polar surface area (TPSA) is 30.2 Å². The molecule has 3 aromatic rings. The van der Waals surface area contributed by atoms with E-state index in [1.807, 2.05) is 5.38 Å². The van der Waals surface area contributed by atoms with E-state index in [0.29, 0.717) is 15.8 Å². The van der Waals surface area contributed by atoms with Gasteiger partial charge in [0.2, 0.25) is 5.78 Å². The quantitative estimate of drug-likeness (QED) is 0.643. The molecule has 0 bridgehead atoms. The lowest BCUT2D eigenvalue weighted by molar-refractivity contribution is 0.101. The summed E-state index contributed by atoms with van der Waals surface area (Å²) in [5.74, 6) is -0.327. The number of hydrogen-bond acceptors (Lipinski definition) is 3. The Kier molecular flexibility index (Phi) is 2.80. The molecule has 0 saturated heterocycles. The van der Waals surface area contributed by atoms with Crippen molar-refractivity contribution in [1.82, 2.24) is 0 Å². The second kappa shape index (κ2) is 4.33. The summed E-state index contributed by atoms with van der Waals surface area (Å²) in [4.78, 5) is 12.8. The standard InChI is InChI=1S/C13H6BrFO2S/c14-9-3-4-18-13(9)12(16)11-6-7-5-8(15)1-2-10(7)17-11/h1-6H. The van der Waals surface area contributed by atoms with E-state index < -0.39 is 0 Å². The predicted octanol–water partition coefficient (Wildman–Crippen LogP) is 4.63. The van der Waals surface area contributed by atoms with Gasteiger partial charge in [-0.25, -0.2) is 4.39 Å². The average molecular weight is 325 g/mol. The molecule has 0 fully saturated rings. The third kappa shape index (κ3) is 1.89. The highest BCUT2D eigenvalue weighted by Crippen LogP contribution is 2.28. The normalized spacial score (nSPS) is 11.0. The van der Waals surface area contributed by atoms with Crippen LogP contribution in [-0.2, 0) is 0 Å². The Morgan fingerprint density at radius 3 is 2.83 bits per heavy atom. The van der Waals surface area contributed by atoms with Crippen LogP contribution in [-0.4, -0.2) is 5.78 Å². The molecule has 0 aliphatic heterocycles. The molecule has 3 rings (SSSR count). The molecule has 0 aliphatic rings. The predicted molar refractivity (Wildman–Crippen MR) is 71.6 cm³/mol. The zero-order valence-corrected chi connectivity index (χ0v) is 11.3. The molecule has 0 amide bonds. The van der Waals surface area contributed by atoms with E-state index in [0.717, 1.165) is 4.47 Å². The molecule has 0 atom stereocenters. The van der Waals surface area contributed by atoms with Crippen LogP contribution >= 0.6 is 27.3 Å². The van der Waals surface area contributed by atoms with Crippen molar-refractivity contribution in [2.75, 3.05) is 0 Å². The molecule has 0 N–H and O–H groups in total. The van der Waals surface area contributed by atoms with E-state index in [4.69, 9.17) is 4.42 Å². The molecular weight excluding hydrogens is 319 g/mol. The molecule has 5 heteroatoms. The maximum atomic E-state index is 13.1. The Morgan fingerprint density at radius 1 is 1.28 bits per heavy atom. The van der Waals surface area contributed by atoms with Crippen LogP contribution in [0.2, 0.25) is 0 Å². The summed E-state index contributed by atoms with van der Waals surface area (Å²) in [7, 11) is 0. The lowest BCUT2D eigenvalue weighted by Crippen LogP contribution is -1.96. The van der Waals surface area contributed by atoms with Gasteiger partial charge in [-0.1, -0.05) is 0 Å². The number of ketones is 1. The molecule has 0 radical (unpaired) electrons. The van der Waals surface area contributed by atoms with Crippen LogP contribution in [0, 0.1) is 5.82 Å². The number of rotatable bonds is 2. The van der Waals surface area contributed by atoms with Gasteiger partial charge in [0.15, 0.2) is 5.76 Å². The van der Waals surface area contributed by atoms with E-state index in [2.05, 4.69) is 15.9 Å². The van der Waals surface area contributed by atoms with Gasteiger partial charge in [0.1, 0.15) is 11.4 Å². The number of fused-ring (bicyclic) bond motifs is 1.